The maximum absolute atomic E-state index is 11.9. The van der Waals surface area contributed by atoms with Gasteiger partial charge in [-0.15, -0.1) is 0 Å². The quantitative estimate of drug-likeness (QED) is 0.652. The van der Waals surface area contributed by atoms with Gasteiger partial charge in [0.25, 0.3) is 0 Å². The Balaban J connectivity index is 1.54. The first-order valence-corrected chi connectivity index (χ1v) is 12.1. The molecule has 2 unspecified atom stereocenters. The molecule has 11 nitrogen and oxygen atoms in total. The molecule has 1 aliphatic carbocycles. The van der Waals surface area contributed by atoms with Gasteiger partial charge in [-0.25, -0.2) is 28.5 Å². The van der Waals surface area contributed by atoms with E-state index in [-0.39, 0.29) is 12.0 Å². The Hall–Kier alpha value is -2.57. The van der Waals surface area contributed by atoms with Gasteiger partial charge >= 0.3 is 0 Å². The zero-order valence-corrected chi connectivity index (χ0v) is 18.0. The number of ether oxygens (including phenoxy) is 1. The Labute approximate surface area is 180 Å². The summed E-state index contributed by atoms with van der Waals surface area (Å²) in [7, 11) is -3.53. The van der Waals surface area contributed by atoms with Crippen LogP contribution in [0.2, 0.25) is 0 Å². The molecular weight excluding hydrogens is 420 g/mol. The van der Waals surface area contributed by atoms with Crippen LogP contribution in [0, 0.1) is 0 Å². The number of sulfonamides is 1. The van der Waals surface area contributed by atoms with Crippen LogP contribution in [0.4, 0.5) is 17.7 Å². The minimum atomic E-state index is -3.53. The van der Waals surface area contributed by atoms with E-state index in [0.29, 0.717) is 45.1 Å². The molecule has 31 heavy (non-hydrogen) atoms. The second-order valence-corrected chi connectivity index (χ2v) is 10.1. The first-order valence-electron chi connectivity index (χ1n) is 10.5. The van der Waals surface area contributed by atoms with Gasteiger partial charge in [0.1, 0.15) is 5.82 Å². The van der Waals surface area contributed by atoms with Gasteiger partial charge in [0.15, 0.2) is 0 Å². The molecule has 0 spiro atoms. The molecule has 2 atom stereocenters. The summed E-state index contributed by atoms with van der Waals surface area (Å²) >= 11 is 0. The first kappa shape index (κ1) is 20.3. The van der Waals surface area contributed by atoms with E-state index < -0.39 is 15.3 Å². The van der Waals surface area contributed by atoms with Crippen molar-refractivity contribution < 1.29 is 13.2 Å². The van der Waals surface area contributed by atoms with Crippen LogP contribution >= 0.6 is 0 Å². The van der Waals surface area contributed by atoms with Crippen LogP contribution in [-0.4, -0.2) is 72.5 Å². The molecule has 2 fully saturated rings. The normalized spacial score (nSPS) is 23.9. The smallest absolute Gasteiger partial charge is 0.228 e. The summed E-state index contributed by atoms with van der Waals surface area (Å²) in [6.45, 7) is 3.45. The van der Waals surface area contributed by atoms with Crippen molar-refractivity contribution in [1.82, 2.24) is 19.9 Å². The lowest BCUT2D eigenvalue weighted by Gasteiger charge is -2.30. The average molecular weight is 447 g/mol. The lowest BCUT2D eigenvalue weighted by Crippen LogP contribution is -2.38. The van der Waals surface area contributed by atoms with E-state index >= 15 is 0 Å². The van der Waals surface area contributed by atoms with Gasteiger partial charge < -0.3 is 20.3 Å². The van der Waals surface area contributed by atoms with Crippen LogP contribution in [-0.2, 0) is 21.2 Å². The van der Waals surface area contributed by atoms with Crippen molar-refractivity contribution in [3.05, 3.63) is 18.0 Å². The Kier molecular flexibility index (Phi) is 5.15. The molecule has 1 saturated carbocycles. The predicted molar refractivity (Wildman–Crippen MR) is 116 cm³/mol. The van der Waals surface area contributed by atoms with Crippen molar-refractivity contribution in [2.24, 2.45) is 5.14 Å². The Morgan fingerprint density at radius 1 is 1.06 bits per heavy atom. The summed E-state index contributed by atoms with van der Waals surface area (Å²) in [4.78, 5) is 22.4. The largest absolute Gasteiger partial charge is 0.378 e. The van der Waals surface area contributed by atoms with Crippen LogP contribution < -0.4 is 20.7 Å². The molecular formula is C19H26N8O3S. The van der Waals surface area contributed by atoms with Crippen molar-refractivity contribution in [2.75, 3.05) is 48.4 Å². The second kappa shape index (κ2) is 7.84. The summed E-state index contributed by atoms with van der Waals surface area (Å²) in [5.41, 5.74) is 8.30. The lowest BCUT2D eigenvalue weighted by atomic mass is 10.1. The van der Waals surface area contributed by atoms with Crippen molar-refractivity contribution in [2.45, 2.75) is 37.0 Å². The third kappa shape index (κ3) is 3.90. The number of nitrogen functional groups attached to an aromatic ring is 1. The fourth-order valence-electron chi connectivity index (χ4n) is 4.72. The van der Waals surface area contributed by atoms with Crippen LogP contribution in [0.25, 0.3) is 11.3 Å². The molecule has 0 amide bonds. The van der Waals surface area contributed by atoms with Gasteiger partial charge in [0, 0.05) is 49.2 Å². The summed E-state index contributed by atoms with van der Waals surface area (Å²) in [6, 6.07) is 0.0903. The van der Waals surface area contributed by atoms with Crippen molar-refractivity contribution in [3.8, 4) is 11.3 Å². The highest BCUT2D eigenvalue weighted by Gasteiger charge is 2.39. The number of aromatic nitrogens is 4. The molecule has 2 aromatic rings. The molecule has 4 heterocycles. The molecule has 0 aromatic carbocycles. The maximum atomic E-state index is 11.9. The zero-order chi connectivity index (χ0) is 21.6. The van der Waals surface area contributed by atoms with Gasteiger partial charge in [-0.1, -0.05) is 0 Å². The lowest BCUT2D eigenvalue weighted by molar-refractivity contribution is 0.122. The van der Waals surface area contributed by atoms with Crippen molar-refractivity contribution in [3.63, 3.8) is 0 Å². The van der Waals surface area contributed by atoms with Crippen LogP contribution in [0.3, 0.4) is 0 Å². The van der Waals surface area contributed by atoms with Crippen molar-refractivity contribution in [1.29, 1.82) is 0 Å². The molecule has 166 valence electrons. The number of nitrogens with two attached hydrogens (primary N) is 2. The monoisotopic (exact) mass is 446 g/mol. The second-order valence-electron chi connectivity index (χ2n) is 8.23. The zero-order valence-electron chi connectivity index (χ0n) is 17.1. The van der Waals surface area contributed by atoms with Crippen LogP contribution in [0.15, 0.2) is 12.4 Å². The van der Waals surface area contributed by atoms with E-state index in [2.05, 4.69) is 19.8 Å². The number of fused-ring (bicyclic) bond motifs is 1. The highest BCUT2D eigenvalue weighted by atomic mass is 32.2. The van der Waals surface area contributed by atoms with E-state index in [1.807, 2.05) is 0 Å². The number of primary sulfonamides is 1. The SMILES string of the molecule is Nc1ncc(-c2nc(N3CCOCC3)nc3c2CCN3C2CCC(S(N)(=O)=O)C2)cn1. The molecule has 0 bridgehead atoms. The molecule has 12 heteroatoms. The summed E-state index contributed by atoms with van der Waals surface area (Å²) < 4.78 is 29.2. The highest BCUT2D eigenvalue weighted by molar-refractivity contribution is 7.89. The van der Waals surface area contributed by atoms with E-state index in [4.69, 9.17) is 25.6 Å². The number of hydrogen-bond acceptors (Lipinski definition) is 10. The molecule has 2 aromatic heterocycles. The topological polar surface area (TPSA) is 153 Å². The number of rotatable bonds is 4. The Bertz CT molecular complexity index is 1070. The molecule has 4 N–H and O–H groups in total. The predicted octanol–water partition coefficient (Wildman–Crippen LogP) is -0.0755. The van der Waals surface area contributed by atoms with E-state index in [9.17, 15) is 8.42 Å². The maximum Gasteiger partial charge on any atom is 0.228 e. The molecule has 1 saturated heterocycles. The number of hydrogen-bond donors (Lipinski definition) is 2. The Morgan fingerprint density at radius 2 is 1.81 bits per heavy atom. The molecule has 5 rings (SSSR count). The highest BCUT2D eigenvalue weighted by Crippen LogP contribution is 2.40. The minimum absolute atomic E-state index is 0.0903. The molecule has 3 aliphatic rings. The molecule has 2 aliphatic heterocycles. The van der Waals surface area contributed by atoms with Gasteiger partial charge in [-0.05, 0) is 25.7 Å². The standard InChI is InChI=1S/C19H26N8O3S/c20-18-22-10-12(11-23-18)16-15-3-4-27(13-1-2-14(9-13)31(21,28)29)17(15)25-19(24-16)26-5-7-30-8-6-26/h10-11,13-14H,1-9H2,(H2,20,22,23)(H2,21,28,29). The number of morpholine rings is 1. The number of nitrogens with zero attached hydrogens (tertiary/aromatic N) is 6. The van der Waals surface area contributed by atoms with Crippen molar-refractivity contribution >= 4 is 27.7 Å². The summed E-state index contributed by atoms with van der Waals surface area (Å²) in [6.07, 6.45) is 6.02. The van der Waals surface area contributed by atoms with Gasteiger partial charge in [-0.2, -0.15) is 4.98 Å². The summed E-state index contributed by atoms with van der Waals surface area (Å²) in [5.74, 6) is 1.72. The fourth-order valence-corrected chi connectivity index (χ4v) is 5.68. The van der Waals surface area contributed by atoms with E-state index in [0.717, 1.165) is 42.0 Å². The molecule has 0 radical (unpaired) electrons. The summed E-state index contributed by atoms with van der Waals surface area (Å²) in [5, 5.41) is 4.92. The van der Waals surface area contributed by atoms with Gasteiger partial charge in [-0.3, -0.25) is 0 Å². The van der Waals surface area contributed by atoms with Crippen LogP contribution in [0.5, 0.6) is 0 Å². The fraction of sp³-hybridized carbons (Fsp3) is 0.579. The number of anilines is 3. The first-order chi connectivity index (χ1) is 14.9. The van der Waals surface area contributed by atoms with Crippen LogP contribution in [0.1, 0.15) is 24.8 Å². The minimum Gasteiger partial charge on any atom is -0.378 e. The van der Waals surface area contributed by atoms with Gasteiger partial charge in [0.2, 0.25) is 21.9 Å². The third-order valence-electron chi connectivity index (χ3n) is 6.35. The van der Waals surface area contributed by atoms with E-state index in [1.165, 1.54) is 0 Å². The Morgan fingerprint density at radius 3 is 2.48 bits per heavy atom. The van der Waals surface area contributed by atoms with E-state index in [1.54, 1.807) is 12.4 Å². The third-order valence-corrected chi connectivity index (χ3v) is 7.71. The van der Waals surface area contributed by atoms with Gasteiger partial charge in [0.05, 0.1) is 24.2 Å². The average Bonchev–Trinajstić information content (AvgIpc) is 3.41.